The van der Waals surface area contributed by atoms with Crippen LogP contribution in [0.4, 0.5) is 0 Å². The molecular weight excluding hydrogens is 240 g/mol. The molecule has 0 radical (unpaired) electrons. The van der Waals surface area contributed by atoms with Gasteiger partial charge in [0, 0.05) is 6.07 Å². The SMILES string of the molecule is CCCOc1ccc(CCN)c(OC(C#N)CC)c1. The first-order valence-electron chi connectivity index (χ1n) is 6.77. The molecular formula is C15H22N2O2. The highest BCUT2D eigenvalue weighted by Crippen LogP contribution is 2.26. The molecule has 0 bridgehead atoms. The second-order valence-corrected chi connectivity index (χ2v) is 4.30. The van der Waals surface area contributed by atoms with Crippen LogP contribution in [0.2, 0.25) is 0 Å². The summed E-state index contributed by atoms with van der Waals surface area (Å²) in [4.78, 5) is 0. The van der Waals surface area contributed by atoms with Crippen LogP contribution in [0.15, 0.2) is 18.2 Å². The number of nitriles is 1. The molecule has 1 rings (SSSR count). The zero-order valence-corrected chi connectivity index (χ0v) is 11.7. The van der Waals surface area contributed by atoms with Gasteiger partial charge in [-0.2, -0.15) is 5.26 Å². The maximum atomic E-state index is 8.99. The van der Waals surface area contributed by atoms with Gasteiger partial charge in [-0.25, -0.2) is 0 Å². The summed E-state index contributed by atoms with van der Waals surface area (Å²) in [7, 11) is 0. The molecule has 0 heterocycles. The predicted molar refractivity (Wildman–Crippen MR) is 75.3 cm³/mol. The molecule has 19 heavy (non-hydrogen) atoms. The maximum Gasteiger partial charge on any atom is 0.184 e. The van der Waals surface area contributed by atoms with Gasteiger partial charge >= 0.3 is 0 Å². The van der Waals surface area contributed by atoms with Crippen LogP contribution >= 0.6 is 0 Å². The van der Waals surface area contributed by atoms with Gasteiger partial charge in [0.25, 0.3) is 0 Å². The van der Waals surface area contributed by atoms with Crippen molar-refractivity contribution >= 4 is 0 Å². The highest BCUT2D eigenvalue weighted by Gasteiger charge is 2.11. The Morgan fingerprint density at radius 1 is 1.37 bits per heavy atom. The summed E-state index contributed by atoms with van der Waals surface area (Å²) in [6.45, 7) is 5.21. The van der Waals surface area contributed by atoms with Crippen LogP contribution in [-0.2, 0) is 6.42 Å². The van der Waals surface area contributed by atoms with E-state index < -0.39 is 6.10 Å². The number of ether oxygens (including phenoxy) is 2. The highest BCUT2D eigenvalue weighted by atomic mass is 16.5. The topological polar surface area (TPSA) is 68.3 Å². The van der Waals surface area contributed by atoms with Gasteiger partial charge in [0.05, 0.1) is 6.61 Å². The summed E-state index contributed by atoms with van der Waals surface area (Å²) >= 11 is 0. The summed E-state index contributed by atoms with van der Waals surface area (Å²) in [5.74, 6) is 1.47. The Morgan fingerprint density at radius 3 is 2.74 bits per heavy atom. The maximum absolute atomic E-state index is 8.99. The van der Waals surface area contributed by atoms with E-state index >= 15 is 0 Å². The van der Waals surface area contributed by atoms with Crippen LogP contribution in [0.3, 0.4) is 0 Å². The Kier molecular flexibility index (Phi) is 6.76. The molecule has 2 N–H and O–H groups in total. The first-order chi connectivity index (χ1) is 9.24. The number of rotatable bonds is 8. The molecule has 0 aliphatic carbocycles. The third kappa shape index (κ3) is 4.80. The van der Waals surface area contributed by atoms with Crippen molar-refractivity contribution < 1.29 is 9.47 Å². The van der Waals surface area contributed by atoms with Gasteiger partial charge in [-0.05, 0) is 37.4 Å². The molecule has 1 atom stereocenters. The Bertz CT molecular complexity index is 427. The summed E-state index contributed by atoms with van der Waals surface area (Å²) in [5.41, 5.74) is 6.61. The van der Waals surface area contributed by atoms with Crippen molar-refractivity contribution in [3.63, 3.8) is 0 Å². The lowest BCUT2D eigenvalue weighted by atomic mass is 10.1. The van der Waals surface area contributed by atoms with E-state index in [1.54, 1.807) is 0 Å². The molecule has 1 unspecified atom stereocenters. The second kappa shape index (κ2) is 8.39. The largest absolute Gasteiger partial charge is 0.493 e. The minimum Gasteiger partial charge on any atom is -0.493 e. The summed E-state index contributed by atoms with van der Waals surface area (Å²) in [5, 5.41) is 8.99. The first kappa shape index (κ1) is 15.3. The van der Waals surface area contributed by atoms with Crippen LogP contribution in [0.5, 0.6) is 11.5 Å². The number of nitrogens with zero attached hydrogens (tertiary/aromatic N) is 1. The van der Waals surface area contributed by atoms with Crippen molar-refractivity contribution in [3.05, 3.63) is 23.8 Å². The van der Waals surface area contributed by atoms with Crippen LogP contribution in [0.1, 0.15) is 32.3 Å². The minimum atomic E-state index is -0.432. The molecule has 0 aliphatic heterocycles. The standard InChI is InChI=1S/C15H22N2O2/c1-3-9-18-14-6-5-12(7-8-16)15(10-14)19-13(4-2)11-17/h5-6,10,13H,3-4,7-9,16H2,1-2H3. The number of nitrogens with two attached hydrogens (primary N) is 1. The summed E-state index contributed by atoms with van der Waals surface area (Å²) < 4.78 is 11.3. The van der Waals surface area contributed by atoms with Crippen molar-refractivity contribution in [1.29, 1.82) is 5.26 Å². The van der Waals surface area contributed by atoms with Gasteiger partial charge in [0.1, 0.15) is 17.6 Å². The number of hydrogen-bond acceptors (Lipinski definition) is 4. The predicted octanol–water partition coefficient (Wildman–Crippen LogP) is 2.66. The molecule has 4 heteroatoms. The normalized spacial score (nSPS) is 11.7. The highest BCUT2D eigenvalue weighted by molar-refractivity contribution is 5.41. The molecule has 0 fully saturated rings. The molecule has 0 aromatic heterocycles. The average molecular weight is 262 g/mol. The van der Waals surface area contributed by atoms with Gasteiger partial charge in [0.2, 0.25) is 0 Å². The molecule has 0 amide bonds. The number of benzene rings is 1. The molecule has 0 saturated heterocycles. The fraction of sp³-hybridized carbons (Fsp3) is 0.533. The van der Waals surface area contributed by atoms with Gasteiger partial charge in [-0.15, -0.1) is 0 Å². The van der Waals surface area contributed by atoms with Crippen molar-refractivity contribution in [1.82, 2.24) is 0 Å². The fourth-order valence-corrected chi connectivity index (χ4v) is 1.67. The Morgan fingerprint density at radius 2 is 2.16 bits per heavy atom. The van der Waals surface area contributed by atoms with Gasteiger partial charge in [-0.1, -0.05) is 19.9 Å². The minimum absolute atomic E-state index is 0.432. The first-order valence-corrected chi connectivity index (χ1v) is 6.77. The van der Waals surface area contributed by atoms with Crippen molar-refractivity contribution in [2.24, 2.45) is 5.73 Å². The Labute approximate surface area is 115 Å². The zero-order chi connectivity index (χ0) is 14.1. The quantitative estimate of drug-likeness (QED) is 0.782. The number of hydrogen-bond donors (Lipinski definition) is 1. The lowest BCUT2D eigenvalue weighted by Crippen LogP contribution is -2.14. The van der Waals surface area contributed by atoms with Gasteiger partial charge in [0.15, 0.2) is 6.10 Å². The molecule has 4 nitrogen and oxygen atoms in total. The van der Waals surface area contributed by atoms with E-state index in [4.69, 9.17) is 20.5 Å². The third-order valence-electron chi connectivity index (χ3n) is 2.71. The molecule has 0 aliphatic rings. The average Bonchev–Trinajstić information content (AvgIpc) is 2.44. The smallest absolute Gasteiger partial charge is 0.184 e. The van der Waals surface area contributed by atoms with Crippen molar-refractivity contribution in [3.8, 4) is 17.6 Å². The van der Waals surface area contributed by atoms with E-state index in [9.17, 15) is 0 Å². The molecule has 1 aromatic carbocycles. The van der Waals surface area contributed by atoms with E-state index in [1.807, 2.05) is 25.1 Å². The van der Waals surface area contributed by atoms with E-state index in [2.05, 4.69) is 13.0 Å². The molecule has 0 saturated carbocycles. The third-order valence-corrected chi connectivity index (χ3v) is 2.71. The molecule has 0 spiro atoms. The Balaban J connectivity index is 2.91. The summed E-state index contributed by atoms with van der Waals surface area (Å²) in [6.07, 6.45) is 1.90. The lowest BCUT2D eigenvalue weighted by Gasteiger charge is -2.16. The molecule has 1 aromatic rings. The second-order valence-electron chi connectivity index (χ2n) is 4.30. The molecule has 104 valence electrons. The van der Waals surface area contributed by atoms with Gasteiger partial charge in [-0.3, -0.25) is 0 Å². The van der Waals surface area contributed by atoms with Crippen molar-refractivity contribution in [2.45, 2.75) is 39.2 Å². The van der Waals surface area contributed by atoms with Gasteiger partial charge < -0.3 is 15.2 Å². The van der Waals surface area contributed by atoms with E-state index in [1.165, 1.54) is 0 Å². The summed E-state index contributed by atoms with van der Waals surface area (Å²) in [6, 6.07) is 7.86. The van der Waals surface area contributed by atoms with Crippen molar-refractivity contribution in [2.75, 3.05) is 13.2 Å². The van der Waals surface area contributed by atoms with E-state index in [-0.39, 0.29) is 0 Å². The van der Waals surface area contributed by atoms with Crippen LogP contribution in [0, 0.1) is 11.3 Å². The Hall–Kier alpha value is -1.73. The van der Waals surface area contributed by atoms with E-state index in [0.717, 1.165) is 24.2 Å². The van der Waals surface area contributed by atoms with E-state index in [0.29, 0.717) is 25.3 Å². The fourth-order valence-electron chi connectivity index (χ4n) is 1.67. The monoisotopic (exact) mass is 262 g/mol. The zero-order valence-electron chi connectivity index (χ0n) is 11.7. The van der Waals surface area contributed by atoms with Crippen LogP contribution < -0.4 is 15.2 Å². The lowest BCUT2D eigenvalue weighted by molar-refractivity contribution is 0.246. The van der Waals surface area contributed by atoms with Crippen LogP contribution in [-0.4, -0.2) is 19.3 Å². The van der Waals surface area contributed by atoms with Crippen LogP contribution in [0.25, 0.3) is 0 Å².